The molecule has 0 aliphatic heterocycles. The molecule has 4 aromatic rings. The van der Waals surface area contributed by atoms with Crippen molar-refractivity contribution in [2.75, 3.05) is 20.3 Å². The number of halogens is 1. The van der Waals surface area contributed by atoms with Crippen LogP contribution in [-0.2, 0) is 13.0 Å². The maximum atomic E-state index is 12.3. The van der Waals surface area contributed by atoms with Crippen LogP contribution in [0.2, 0.25) is 5.02 Å². The Labute approximate surface area is 235 Å². The molecule has 7 heteroatoms. The molecule has 6 nitrogen and oxygen atoms in total. The van der Waals surface area contributed by atoms with Crippen molar-refractivity contribution in [1.82, 2.24) is 14.9 Å². The number of carbonyl (C=O) groups excluding carboxylic acids is 1. The third kappa shape index (κ3) is 7.64. The second-order valence-electron chi connectivity index (χ2n) is 9.33. The minimum Gasteiger partial charge on any atom is -0.493 e. The molecular formula is C32H36ClN3O3. The topological polar surface area (TPSA) is 65.4 Å². The molecule has 3 aromatic carbocycles. The number of rotatable bonds is 14. The fourth-order valence-electron chi connectivity index (χ4n) is 4.60. The van der Waals surface area contributed by atoms with Crippen molar-refractivity contribution in [2.45, 2.75) is 45.6 Å². The van der Waals surface area contributed by atoms with Crippen LogP contribution in [0.5, 0.6) is 11.5 Å². The van der Waals surface area contributed by atoms with E-state index in [-0.39, 0.29) is 5.91 Å². The maximum Gasteiger partial charge on any atom is 0.252 e. The summed E-state index contributed by atoms with van der Waals surface area (Å²) in [6.45, 7) is 4.02. The number of aryl methyl sites for hydroxylation is 2. The number of benzene rings is 3. The highest BCUT2D eigenvalue weighted by atomic mass is 35.5. The minimum absolute atomic E-state index is 0.129. The van der Waals surface area contributed by atoms with Gasteiger partial charge in [-0.1, -0.05) is 60.5 Å². The highest BCUT2D eigenvalue weighted by molar-refractivity contribution is 6.33. The first-order valence-electron chi connectivity index (χ1n) is 13.5. The van der Waals surface area contributed by atoms with E-state index in [1.807, 2.05) is 55.5 Å². The third-order valence-corrected chi connectivity index (χ3v) is 6.87. The molecule has 0 atom stereocenters. The van der Waals surface area contributed by atoms with Gasteiger partial charge < -0.3 is 19.4 Å². The number of nitrogens with zero attached hydrogens (tertiary/aromatic N) is 2. The Morgan fingerprint density at radius 1 is 1.00 bits per heavy atom. The second kappa shape index (κ2) is 14.4. The van der Waals surface area contributed by atoms with Crippen molar-refractivity contribution in [3.63, 3.8) is 0 Å². The zero-order chi connectivity index (χ0) is 27.5. The molecule has 0 radical (unpaired) electrons. The summed E-state index contributed by atoms with van der Waals surface area (Å²) in [4.78, 5) is 17.2. The van der Waals surface area contributed by atoms with Gasteiger partial charge in [0, 0.05) is 19.5 Å². The Bertz CT molecular complexity index is 1410. The van der Waals surface area contributed by atoms with Crippen molar-refractivity contribution < 1.29 is 14.3 Å². The largest absolute Gasteiger partial charge is 0.493 e. The molecule has 0 aliphatic rings. The Morgan fingerprint density at radius 3 is 2.64 bits per heavy atom. The van der Waals surface area contributed by atoms with E-state index in [0.29, 0.717) is 23.7 Å². The summed E-state index contributed by atoms with van der Waals surface area (Å²) in [6, 6.07) is 21.4. The van der Waals surface area contributed by atoms with Gasteiger partial charge in [-0.25, -0.2) is 4.98 Å². The lowest BCUT2D eigenvalue weighted by atomic mass is 10.1. The van der Waals surface area contributed by atoms with Gasteiger partial charge in [0.15, 0.2) is 11.5 Å². The van der Waals surface area contributed by atoms with Crippen LogP contribution in [0.15, 0.2) is 72.8 Å². The fourth-order valence-corrected chi connectivity index (χ4v) is 4.82. The van der Waals surface area contributed by atoms with Crippen LogP contribution >= 0.6 is 11.6 Å². The van der Waals surface area contributed by atoms with E-state index in [1.165, 1.54) is 0 Å². The summed E-state index contributed by atoms with van der Waals surface area (Å²) in [5.74, 6) is 2.45. The lowest BCUT2D eigenvalue weighted by Crippen LogP contribution is -2.24. The summed E-state index contributed by atoms with van der Waals surface area (Å²) < 4.78 is 13.9. The molecule has 0 spiro atoms. The first kappa shape index (κ1) is 28.2. The van der Waals surface area contributed by atoms with Crippen molar-refractivity contribution in [1.29, 1.82) is 0 Å². The van der Waals surface area contributed by atoms with E-state index < -0.39 is 0 Å². The van der Waals surface area contributed by atoms with Crippen LogP contribution < -0.4 is 14.8 Å². The predicted molar refractivity (Wildman–Crippen MR) is 159 cm³/mol. The number of allylic oxidation sites excluding steroid dienone is 1. The fraction of sp³-hybridized carbons (Fsp3) is 0.312. The number of fused-ring (bicyclic) bond motifs is 1. The van der Waals surface area contributed by atoms with Gasteiger partial charge in [0.05, 0.1) is 35.3 Å². The normalized spacial score (nSPS) is 11.3. The number of unbranched alkanes of at least 4 members (excludes halogenated alkanes) is 2. The highest BCUT2D eigenvalue weighted by Gasteiger charge is 2.12. The van der Waals surface area contributed by atoms with E-state index in [4.69, 9.17) is 26.1 Å². The lowest BCUT2D eigenvalue weighted by Gasteiger charge is -2.13. The number of nitrogens with one attached hydrogen (secondary N) is 1. The molecule has 0 aliphatic carbocycles. The van der Waals surface area contributed by atoms with E-state index in [2.05, 4.69) is 28.1 Å². The molecule has 39 heavy (non-hydrogen) atoms. The Balaban J connectivity index is 1.27. The zero-order valence-corrected chi connectivity index (χ0v) is 23.4. The van der Waals surface area contributed by atoms with Crippen molar-refractivity contribution in [3.05, 3.63) is 94.8 Å². The molecule has 0 fully saturated rings. The maximum absolute atomic E-state index is 12.3. The summed E-state index contributed by atoms with van der Waals surface area (Å²) >= 11 is 6.12. The summed E-state index contributed by atoms with van der Waals surface area (Å²) in [6.07, 6.45) is 8.67. The highest BCUT2D eigenvalue weighted by Crippen LogP contribution is 2.29. The second-order valence-corrected chi connectivity index (χ2v) is 9.73. The van der Waals surface area contributed by atoms with Gasteiger partial charge in [0.2, 0.25) is 0 Å². The van der Waals surface area contributed by atoms with Gasteiger partial charge in [-0.2, -0.15) is 0 Å². The number of hydrogen-bond acceptors (Lipinski definition) is 4. The quantitative estimate of drug-likeness (QED) is 0.168. The summed E-state index contributed by atoms with van der Waals surface area (Å²) in [7, 11) is 1.67. The van der Waals surface area contributed by atoms with Crippen LogP contribution in [0.25, 0.3) is 17.1 Å². The third-order valence-electron chi connectivity index (χ3n) is 6.55. The van der Waals surface area contributed by atoms with Gasteiger partial charge in [0.25, 0.3) is 5.91 Å². The number of amides is 1. The molecular weight excluding hydrogens is 510 g/mol. The van der Waals surface area contributed by atoms with Crippen LogP contribution in [0.1, 0.15) is 54.4 Å². The molecule has 0 unspecified atom stereocenters. The number of imidazole rings is 1. The van der Waals surface area contributed by atoms with E-state index in [1.54, 1.807) is 19.2 Å². The molecule has 1 aromatic heterocycles. The monoisotopic (exact) mass is 545 g/mol. The Morgan fingerprint density at radius 2 is 1.82 bits per heavy atom. The van der Waals surface area contributed by atoms with Crippen molar-refractivity contribution in [2.24, 2.45) is 0 Å². The van der Waals surface area contributed by atoms with Crippen LogP contribution in [0.3, 0.4) is 0 Å². The number of methoxy groups -OCH3 is 1. The van der Waals surface area contributed by atoms with Gasteiger partial charge >= 0.3 is 0 Å². The molecule has 0 saturated heterocycles. The van der Waals surface area contributed by atoms with E-state index in [9.17, 15) is 4.79 Å². The standard InChI is InChI=1S/C32H36ClN3O3/c1-3-12-24-18-19-29(30(23-24)38-2)39-22-11-21-36-28-16-9-8-15-27(28)35-31(36)17-5-4-10-20-34-32(37)25-13-6-7-14-26(25)33/h3,6-9,12-16,18-19,23H,4-5,10-11,17,20-22H2,1-2H3,(H,34,37)/b12-3+. The molecule has 0 bridgehead atoms. The number of ether oxygens (including phenoxy) is 2. The van der Waals surface area contributed by atoms with Crippen LogP contribution in [0, 0.1) is 0 Å². The Hall–Kier alpha value is -3.77. The van der Waals surface area contributed by atoms with Gasteiger partial charge in [-0.05, 0) is 68.1 Å². The first-order chi connectivity index (χ1) is 19.1. The molecule has 4 rings (SSSR count). The molecule has 204 valence electrons. The Kier molecular flexibility index (Phi) is 10.4. The molecule has 1 N–H and O–H groups in total. The SMILES string of the molecule is C/C=C/c1ccc(OCCCn2c(CCCCCNC(=O)c3ccccc3Cl)nc3ccccc32)c(OC)c1. The molecule has 1 heterocycles. The van der Waals surface area contributed by atoms with Gasteiger partial charge in [0.1, 0.15) is 5.82 Å². The predicted octanol–water partition coefficient (Wildman–Crippen LogP) is 7.34. The number of aromatic nitrogens is 2. The van der Waals surface area contributed by atoms with Crippen LogP contribution in [-0.4, -0.2) is 35.7 Å². The first-order valence-corrected chi connectivity index (χ1v) is 13.9. The van der Waals surface area contributed by atoms with Gasteiger partial charge in [-0.15, -0.1) is 0 Å². The number of para-hydroxylation sites is 2. The smallest absolute Gasteiger partial charge is 0.252 e. The number of carbonyl (C=O) groups is 1. The average Bonchev–Trinajstić information content (AvgIpc) is 3.30. The molecule has 1 amide bonds. The van der Waals surface area contributed by atoms with Crippen molar-refractivity contribution in [3.8, 4) is 11.5 Å². The average molecular weight is 546 g/mol. The van der Waals surface area contributed by atoms with E-state index in [0.717, 1.165) is 72.6 Å². The zero-order valence-electron chi connectivity index (χ0n) is 22.7. The minimum atomic E-state index is -0.129. The summed E-state index contributed by atoms with van der Waals surface area (Å²) in [5.41, 5.74) is 3.76. The van der Waals surface area contributed by atoms with E-state index >= 15 is 0 Å². The lowest BCUT2D eigenvalue weighted by molar-refractivity contribution is 0.0953. The number of hydrogen-bond donors (Lipinski definition) is 1. The van der Waals surface area contributed by atoms with Gasteiger partial charge in [-0.3, -0.25) is 4.79 Å². The van der Waals surface area contributed by atoms with Crippen LogP contribution in [0.4, 0.5) is 0 Å². The molecule has 0 saturated carbocycles. The summed E-state index contributed by atoms with van der Waals surface area (Å²) in [5, 5.41) is 3.44. The van der Waals surface area contributed by atoms with Crippen molar-refractivity contribution >= 4 is 34.6 Å².